The van der Waals surface area contributed by atoms with Crippen molar-refractivity contribution < 1.29 is 18.7 Å². The average Bonchev–Trinajstić information content (AvgIpc) is 2.85. The molecule has 19 heavy (non-hydrogen) atoms. The van der Waals surface area contributed by atoms with Crippen LogP contribution in [0.15, 0.2) is 21.4 Å². The van der Waals surface area contributed by atoms with Crippen LogP contribution in [0.3, 0.4) is 0 Å². The van der Waals surface area contributed by atoms with E-state index in [4.69, 9.17) is 13.9 Å². The summed E-state index contributed by atoms with van der Waals surface area (Å²) in [6.07, 6.45) is 4.92. The van der Waals surface area contributed by atoms with Crippen molar-refractivity contribution in [3.8, 4) is 0 Å². The molecule has 1 unspecified atom stereocenters. The molecule has 1 aromatic heterocycles. The van der Waals surface area contributed by atoms with E-state index in [-0.39, 0.29) is 17.3 Å². The van der Waals surface area contributed by atoms with Crippen LogP contribution in [0.25, 0.3) is 0 Å². The Balaban J connectivity index is 1.74. The van der Waals surface area contributed by atoms with Crippen molar-refractivity contribution in [3.63, 3.8) is 0 Å². The summed E-state index contributed by atoms with van der Waals surface area (Å²) in [5.41, 5.74) is 0.502. The van der Waals surface area contributed by atoms with Crippen molar-refractivity contribution in [3.05, 3.63) is 22.6 Å². The maximum Gasteiger partial charge on any atom is 0.179 e. The molecular weight excluding hydrogens is 312 g/mol. The van der Waals surface area contributed by atoms with Crippen molar-refractivity contribution in [1.29, 1.82) is 0 Å². The van der Waals surface area contributed by atoms with Crippen LogP contribution in [0.1, 0.15) is 36.0 Å². The van der Waals surface area contributed by atoms with Gasteiger partial charge in [-0.3, -0.25) is 4.79 Å². The van der Waals surface area contributed by atoms with Gasteiger partial charge in [-0.25, -0.2) is 0 Å². The van der Waals surface area contributed by atoms with Crippen LogP contribution in [0.2, 0.25) is 0 Å². The minimum Gasteiger partial charge on any atom is -0.457 e. The molecule has 2 aliphatic rings. The number of Topliss-reactive ketones (excluding diaryl/α,β-unsaturated/α-hetero) is 1. The Morgan fingerprint density at radius 1 is 1.32 bits per heavy atom. The van der Waals surface area contributed by atoms with Gasteiger partial charge in [0, 0.05) is 25.7 Å². The third-order valence-corrected chi connectivity index (χ3v) is 4.77. The lowest BCUT2D eigenvalue weighted by atomic mass is 9.78. The number of rotatable bonds is 2. The zero-order valence-electron chi connectivity index (χ0n) is 10.7. The largest absolute Gasteiger partial charge is 0.457 e. The predicted molar refractivity (Wildman–Crippen MR) is 72.2 cm³/mol. The molecule has 5 heteroatoms. The highest BCUT2D eigenvalue weighted by Gasteiger charge is 2.41. The molecule has 1 aromatic rings. The fourth-order valence-electron chi connectivity index (χ4n) is 3.03. The van der Waals surface area contributed by atoms with Gasteiger partial charge in [0.25, 0.3) is 0 Å². The summed E-state index contributed by atoms with van der Waals surface area (Å²) in [6, 6.07) is 1.73. The smallest absolute Gasteiger partial charge is 0.179 e. The van der Waals surface area contributed by atoms with Gasteiger partial charge < -0.3 is 13.9 Å². The standard InChI is InChI=1S/C14H17BrO4/c15-13-11(2-5-18-13)12(16)10-1-6-19-14(9-10)3-7-17-8-4-14/h2,5,10H,1,3-4,6-9H2. The third-order valence-electron chi connectivity index (χ3n) is 4.15. The molecule has 2 saturated heterocycles. The summed E-state index contributed by atoms with van der Waals surface area (Å²) < 4.78 is 17.1. The number of carbonyl (C=O) groups excluding carboxylic acids is 1. The van der Waals surface area contributed by atoms with Gasteiger partial charge in [0.15, 0.2) is 10.5 Å². The van der Waals surface area contributed by atoms with Gasteiger partial charge in [-0.05, 0) is 47.7 Å². The molecular formula is C14H17BrO4. The summed E-state index contributed by atoms with van der Waals surface area (Å²) in [7, 11) is 0. The highest BCUT2D eigenvalue weighted by Crippen LogP contribution is 2.38. The minimum atomic E-state index is -0.146. The lowest BCUT2D eigenvalue weighted by Gasteiger charge is -2.42. The van der Waals surface area contributed by atoms with E-state index in [9.17, 15) is 4.79 Å². The van der Waals surface area contributed by atoms with E-state index in [0.717, 1.165) is 38.9 Å². The lowest BCUT2D eigenvalue weighted by Crippen LogP contribution is -2.45. The Kier molecular flexibility index (Phi) is 3.78. The van der Waals surface area contributed by atoms with Gasteiger partial charge in [0.1, 0.15) is 0 Å². The summed E-state index contributed by atoms with van der Waals surface area (Å²) in [5.74, 6) is 0.190. The van der Waals surface area contributed by atoms with Crippen LogP contribution >= 0.6 is 15.9 Å². The Labute approximate surface area is 120 Å². The maximum atomic E-state index is 12.5. The highest BCUT2D eigenvalue weighted by molar-refractivity contribution is 9.10. The Hall–Kier alpha value is -0.650. The van der Waals surface area contributed by atoms with Crippen LogP contribution in [0, 0.1) is 5.92 Å². The van der Waals surface area contributed by atoms with Crippen LogP contribution in [-0.2, 0) is 9.47 Å². The monoisotopic (exact) mass is 328 g/mol. The normalized spacial score (nSPS) is 26.5. The van der Waals surface area contributed by atoms with Gasteiger partial charge in [-0.15, -0.1) is 0 Å². The Morgan fingerprint density at radius 2 is 2.11 bits per heavy atom. The zero-order valence-corrected chi connectivity index (χ0v) is 12.3. The second kappa shape index (κ2) is 5.38. The van der Waals surface area contributed by atoms with E-state index in [1.54, 1.807) is 12.3 Å². The number of halogens is 1. The number of hydrogen-bond donors (Lipinski definition) is 0. The second-order valence-corrected chi connectivity index (χ2v) is 6.03. The molecule has 0 saturated carbocycles. The van der Waals surface area contributed by atoms with Crippen molar-refractivity contribution in [2.75, 3.05) is 19.8 Å². The molecule has 4 nitrogen and oxygen atoms in total. The first-order valence-electron chi connectivity index (χ1n) is 6.69. The lowest BCUT2D eigenvalue weighted by molar-refractivity contribution is -0.142. The topological polar surface area (TPSA) is 48.7 Å². The van der Waals surface area contributed by atoms with Gasteiger partial charge in [0.2, 0.25) is 0 Å². The summed E-state index contributed by atoms with van der Waals surface area (Å²) in [6.45, 7) is 2.12. The first-order chi connectivity index (χ1) is 9.20. The molecule has 3 rings (SSSR count). The quantitative estimate of drug-likeness (QED) is 0.782. The number of ketones is 1. The highest BCUT2D eigenvalue weighted by atomic mass is 79.9. The van der Waals surface area contributed by atoms with E-state index >= 15 is 0 Å². The van der Waals surface area contributed by atoms with Crippen molar-refractivity contribution in [2.45, 2.75) is 31.3 Å². The van der Waals surface area contributed by atoms with E-state index < -0.39 is 0 Å². The van der Waals surface area contributed by atoms with Crippen LogP contribution in [0.4, 0.5) is 0 Å². The maximum absolute atomic E-state index is 12.5. The molecule has 0 bridgehead atoms. The SMILES string of the molecule is O=C(c1ccoc1Br)C1CCOC2(CCOCC2)C1. The zero-order chi connectivity index (χ0) is 13.3. The second-order valence-electron chi connectivity index (χ2n) is 5.31. The Bertz CT molecular complexity index is 456. The number of hydrogen-bond acceptors (Lipinski definition) is 4. The van der Waals surface area contributed by atoms with E-state index in [1.807, 2.05) is 0 Å². The number of furan rings is 1. The van der Waals surface area contributed by atoms with Crippen molar-refractivity contribution in [1.82, 2.24) is 0 Å². The molecule has 1 atom stereocenters. The summed E-state index contributed by atoms with van der Waals surface area (Å²) >= 11 is 3.28. The van der Waals surface area contributed by atoms with Gasteiger partial charge >= 0.3 is 0 Å². The fourth-order valence-corrected chi connectivity index (χ4v) is 3.47. The molecule has 0 amide bonds. The van der Waals surface area contributed by atoms with Gasteiger partial charge in [0.05, 0.1) is 17.4 Å². The number of carbonyl (C=O) groups is 1. The van der Waals surface area contributed by atoms with Gasteiger partial charge in [-0.1, -0.05) is 0 Å². The summed E-state index contributed by atoms with van der Waals surface area (Å²) in [4.78, 5) is 12.5. The van der Waals surface area contributed by atoms with E-state index in [2.05, 4.69) is 15.9 Å². The molecule has 2 aliphatic heterocycles. The van der Waals surface area contributed by atoms with Crippen molar-refractivity contribution in [2.24, 2.45) is 5.92 Å². The third kappa shape index (κ3) is 2.64. The van der Waals surface area contributed by atoms with Crippen LogP contribution in [-0.4, -0.2) is 31.2 Å². The van der Waals surface area contributed by atoms with E-state index in [0.29, 0.717) is 16.8 Å². The molecule has 3 heterocycles. The van der Waals surface area contributed by atoms with Crippen LogP contribution < -0.4 is 0 Å². The summed E-state index contributed by atoms with van der Waals surface area (Å²) in [5, 5.41) is 0. The molecule has 0 aliphatic carbocycles. The average molecular weight is 329 g/mol. The predicted octanol–water partition coefficient (Wildman–Crippen LogP) is 3.20. The molecule has 1 spiro atoms. The molecule has 0 radical (unpaired) electrons. The molecule has 0 N–H and O–H groups in total. The van der Waals surface area contributed by atoms with E-state index in [1.165, 1.54) is 0 Å². The fraction of sp³-hybridized carbons (Fsp3) is 0.643. The minimum absolute atomic E-state index is 0.0285. The molecule has 0 aromatic carbocycles. The first-order valence-corrected chi connectivity index (χ1v) is 7.48. The molecule has 2 fully saturated rings. The molecule has 104 valence electrons. The van der Waals surface area contributed by atoms with Gasteiger partial charge in [-0.2, -0.15) is 0 Å². The first kappa shape index (κ1) is 13.3. The van der Waals surface area contributed by atoms with Crippen molar-refractivity contribution >= 4 is 21.7 Å². The Morgan fingerprint density at radius 3 is 2.79 bits per heavy atom. The number of ether oxygens (including phenoxy) is 2. The van der Waals surface area contributed by atoms with Crippen LogP contribution in [0.5, 0.6) is 0 Å².